The second kappa shape index (κ2) is 7.17. The van der Waals surface area contributed by atoms with E-state index in [9.17, 15) is 0 Å². The van der Waals surface area contributed by atoms with Gasteiger partial charge in [-0.3, -0.25) is 0 Å². The highest BCUT2D eigenvalue weighted by atomic mass is 16.7. The van der Waals surface area contributed by atoms with Crippen LogP contribution in [0.15, 0.2) is 30.9 Å². The van der Waals surface area contributed by atoms with Gasteiger partial charge in [0.1, 0.15) is 12.0 Å². The summed E-state index contributed by atoms with van der Waals surface area (Å²) in [6.07, 6.45) is 9.02. The number of ether oxygens (including phenoxy) is 3. The zero-order valence-corrected chi connectivity index (χ0v) is 17.2. The van der Waals surface area contributed by atoms with Gasteiger partial charge in [-0.15, -0.1) is 0 Å². The maximum Gasteiger partial charge on any atom is 0.228 e. The van der Waals surface area contributed by atoms with E-state index in [4.69, 9.17) is 19.2 Å². The molecule has 4 aromatic heterocycles. The minimum atomic E-state index is -0.375. The molecule has 1 saturated heterocycles. The summed E-state index contributed by atoms with van der Waals surface area (Å²) in [7, 11) is 1.63. The second-order valence-electron chi connectivity index (χ2n) is 7.99. The van der Waals surface area contributed by atoms with Crippen molar-refractivity contribution in [1.29, 1.82) is 0 Å². The molecule has 1 aliphatic carbocycles. The normalized spacial score (nSPS) is 18.9. The molecule has 0 unspecified atom stereocenters. The molecule has 2 aliphatic rings. The molecule has 31 heavy (non-hydrogen) atoms. The van der Waals surface area contributed by atoms with Gasteiger partial charge < -0.3 is 24.5 Å². The quantitative estimate of drug-likeness (QED) is 0.517. The number of anilines is 1. The average Bonchev–Trinajstić information content (AvgIpc) is 3.54. The molecule has 2 fully saturated rings. The Morgan fingerprint density at radius 2 is 2.03 bits per heavy atom. The number of aromatic nitrogens is 6. The van der Waals surface area contributed by atoms with Crippen molar-refractivity contribution in [3.63, 3.8) is 0 Å². The number of fused-ring (bicyclic) bond motifs is 2. The first-order chi connectivity index (χ1) is 15.2. The topological polar surface area (TPSA) is 111 Å². The molecule has 0 atom stereocenters. The summed E-state index contributed by atoms with van der Waals surface area (Å²) in [4.78, 5) is 16.8. The Kier molecular flexibility index (Phi) is 4.29. The molecule has 10 heteroatoms. The molecular formula is C21H23N7O3. The molecule has 4 aromatic rings. The van der Waals surface area contributed by atoms with Gasteiger partial charge in [-0.25, -0.2) is 9.50 Å². The summed E-state index contributed by atoms with van der Waals surface area (Å²) < 4.78 is 19.0. The second-order valence-corrected chi connectivity index (χ2v) is 7.99. The zero-order valence-electron chi connectivity index (χ0n) is 17.2. The largest absolute Gasteiger partial charge is 0.480 e. The molecular weight excluding hydrogens is 398 g/mol. The Morgan fingerprint density at radius 1 is 1.19 bits per heavy atom. The van der Waals surface area contributed by atoms with Crippen molar-refractivity contribution in [3.05, 3.63) is 30.9 Å². The van der Waals surface area contributed by atoms with Crippen LogP contribution in [-0.2, 0) is 9.47 Å². The van der Waals surface area contributed by atoms with Crippen LogP contribution in [0.2, 0.25) is 0 Å². The number of hydrogen-bond donors (Lipinski definition) is 2. The van der Waals surface area contributed by atoms with Gasteiger partial charge in [-0.05, 0) is 25.0 Å². The van der Waals surface area contributed by atoms with Crippen molar-refractivity contribution in [2.45, 2.75) is 37.5 Å². The Labute approximate surface area is 178 Å². The molecule has 6 rings (SSSR count). The molecule has 2 N–H and O–H groups in total. The number of nitrogens with one attached hydrogen (secondary N) is 2. The van der Waals surface area contributed by atoms with E-state index in [1.807, 2.05) is 24.5 Å². The van der Waals surface area contributed by atoms with Crippen molar-refractivity contribution in [3.8, 4) is 17.0 Å². The summed E-state index contributed by atoms with van der Waals surface area (Å²) in [5.74, 6) is 0.705. The third-order valence-electron chi connectivity index (χ3n) is 6.17. The summed E-state index contributed by atoms with van der Waals surface area (Å²) >= 11 is 0. The van der Waals surface area contributed by atoms with Crippen molar-refractivity contribution in [2.75, 3.05) is 25.6 Å². The molecule has 160 valence electrons. The van der Waals surface area contributed by atoms with E-state index in [0.717, 1.165) is 53.5 Å². The highest BCUT2D eigenvalue weighted by Crippen LogP contribution is 2.37. The van der Waals surface area contributed by atoms with E-state index in [-0.39, 0.29) is 11.8 Å². The zero-order chi connectivity index (χ0) is 20.8. The van der Waals surface area contributed by atoms with Gasteiger partial charge in [-0.2, -0.15) is 15.1 Å². The van der Waals surface area contributed by atoms with Gasteiger partial charge >= 0.3 is 0 Å². The monoisotopic (exact) mass is 421 g/mol. The summed E-state index contributed by atoms with van der Waals surface area (Å²) in [5.41, 5.74) is 3.44. The number of aromatic amines is 1. The lowest BCUT2D eigenvalue weighted by Gasteiger charge is -2.35. The summed E-state index contributed by atoms with van der Waals surface area (Å²) in [5, 5.41) is 8.53. The van der Waals surface area contributed by atoms with Gasteiger partial charge in [0, 0.05) is 42.4 Å². The standard InChI is InChI=1S/C21H23N7O3/c1-29-19-17-15(13-2-3-16-23-12-24-28(16)11-13)10-22-18(17)26-20(27-19)25-14-4-6-21(7-5-14)30-8-9-31-21/h2-3,10-12,14H,4-9H2,1H3,(H2,22,25,26,27). The SMILES string of the molecule is COc1nc(NC2CCC3(CC2)OCCO3)nc2[nH]cc(-c3ccc4ncnn4c3)c12. The number of nitrogens with zero attached hydrogens (tertiary/aromatic N) is 5. The Bertz CT molecular complexity index is 1230. The first-order valence-corrected chi connectivity index (χ1v) is 10.5. The molecule has 1 saturated carbocycles. The lowest BCUT2D eigenvalue weighted by molar-refractivity contribution is -0.177. The van der Waals surface area contributed by atoms with E-state index >= 15 is 0 Å². The minimum Gasteiger partial charge on any atom is -0.480 e. The molecule has 1 spiro atoms. The predicted octanol–water partition coefficient (Wildman–Crippen LogP) is 2.77. The smallest absolute Gasteiger partial charge is 0.228 e. The van der Waals surface area contributed by atoms with Gasteiger partial charge in [0.05, 0.1) is 25.7 Å². The summed E-state index contributed by atoms with van der Waals surface area (Å²) in [6, 6.07) is 4.20. The fourth-order valence-corrected chi connectivity index (χ4v) is 4.59. The Hall–Kier alpha value is -3.24. The van der Waals surface area contributed by atoms with Crippen molar-refractivity contribution >= 4 is 22.6 Å². The molecule has 10 nitrogen and oxygen atoms in total. The van der Waals surface area contributed by atoms with Crippen LogP contribution in [0.25, 0.3) is 27.8 Å². The van der Waals surface area contributed by atoms with Crippen LogP contribution >= 0.6 is 0 Å². The van der Waals surface area contributed by atoms with Crippen LogP contribution < -0.4 is 10.1 Å². The highest BCUT2D eigenvalue weighted by molar-refractivity contribution is 5.97. The van der Waals surface area contributed by atoms with E-state index in [0.29, 0.717) is 25.0 Å². The predicted molar refractivity (Wildman–Crippen MR) is 113 cm³/mol. The lowest BCUT2D eigenvalue weighted by atomic mass is 9.90. The number of H-pyrrole nitrogens is 1. The Balaban J connectivity index is 1.29. The third kappa shape index (κ3) is 3.19. The van der Waals surface area contributed by atoms with Crippen LogP contribution in [-0.4, -0.2) is 61.7 Å². The van der Waals surface area contributed by atoms with Gasteiger partial charge in [0.25, 0.3) is 0 Å². The van der Waals surface area contributed by atoms with Crippen molar-refractivity contribution < 1.29 is 14.2 Å². The Morgan fingerprint density at radius 3 is 2.84 bits per heavy atom. The van der Waals surface area contributed by atoms with Crippen LogP contribution in [0.3, 0.4) is 0 Å². The summed E-state index contributed by atoms with van der Waals surface area (Å²) in [6.45, 7) is 1.38. The lowest BCUT2D eigenvalue weighted by Crippen LogP contribution is -2.39. The molecule has 0 aromatic carbocycles. The maximum atomic E-state index is 5.82. The maximum absolute atomic E-state index is 5.82. The van der Waals surface area contributed by atoms with Crippen molar-refractivity contribution in [1.82, 2.24) is 29.5 Å². The highest BCUT2D eigenvalue weighted by Gasteiger charge is 2.40. The van der Waals surface area contributed by atoms with Gasteiger partial charge in [0.15, 0.2) is 11.4 Å². The van der Waals surface area contributed by atoms with E-state index < -0.39 is 0 Å². The van der Waals surface area contributed by atoms with Crippen LogP contribution in [0.1, 0.15) is 25.7 Å². The van der Waals surface area contributed by atoms with E-state index in [2.05, 4.69) is 25.4 Å². The molecule has 0 bridgehead atoms. The molecule has 0 amide bonds. The minimum absolute atomic E-state index is 0.268. The van der Waals surface area contributed by atoms with Crippen molar-refractivity contribution in [2.24, 2.45) is 0 Å². The fraction of sp³-hybridized carbons (Fsp3) is 0.429. The van der Waals surface area contributed by atoms with Gasteiger partial charge in [-0.1, -0.05) is 0 Å². The number of pyridine rings is 1. The average molecular weight is 421 g/mol. The van der Waals surface area contributed by atoms with Crippen LogP contribution in [0, 0.1) is 0 Å². The van der Waals surface area contributed by atoms with E-state index in [1.165, 1.54) is 6.33 Å². The molecule has 1 aliphatic heterocycles. The number of methoxy groups -OCH3 is 1. The molecule has 0 radical (unpaired) electrons. The first-order valence-electron chi connectivity index (χ1n) is 10.5. The number of rotatable bonds is 4. The van der Waals surface area contributed by atoms with Crippen LogP contribution in [0.5, 0.6) is 5.88 Å². The van der Waals surface area contributed by atoms with E-state index in [1.54, 1.807) is 11.6 Å². The third-order valence-corrected chi connectivity index (χ3v) is 6.17. The molecule has 5 heterocycles. The van der Waals surface area contributed by atoms with Gasteiger partial charge in [0.2, 0.25) is 11.8 Å². The number of hydrogen-bond acceptors (Lipinski definition) is 8. The fourth-order valence-electron chi connectivity index (χ4n) is 4.59. The van der Waals surface area contributed by atoms with Crippen LogP contribution in [0.4, 0.5) is 5.95 Å². The first kappa shape index (κ1) is 18.5.